The van der Waals surface area contributed by atoms with E-state index < -0.39 is 17.9 Å². The molecule has 20 heavy (non-hydrogen) atoms. The van der Waals surface area contributed by atoms with Gasteiger partial charge in [0.15, 0.2) is 0 Å². The van der Waals surface area contributed by atoms with E-state index in [1.807, 2.05) is 6.92 Å². The van der Waals surface area contributed by atoms with E-state index in [9.17, 15) is 14.4 Å². The van der Waals surface area contributed by atoms with Crippen LogP contribution in [-0.4, -0.2) is 65.5 Å². The number of piperidine rings is 1. The first-order valence-electron chi connectivity index (χ1n) is 6.90. The molecular formula is C13H23N3O4. The van der Waals surface area contributed by atoms with Gasteiger partial charge in [-0.05, 0) is 26.7 Å². The second kappa shape index (κ2) is 7.12. The maximum atomic E-state index is 12.0. The normalized spacial score (nSPS) is 20.1. The average Bonchev–Trinajstić information content (AvgIpc) is 2.45. The Labute approximate surface area is 118 Å². The number of carboxylic acid groups (broad SMARTS) is 1. The molecule has 1 unspecified atom stereocenters. The molecule has 1 aliphatic heterocycles. The molecule has 1 saturated heterocycles. The van der Waals surface area contributed by atoms with Crippen molar-refractivity contribution in [1.82, 2.24) is 15.1 Å². The van der Waals surface area contributed by atoms with Crippen molar-refractivity contribution in [3.8, 4) is 0 Å². The van der Waals surface area contributed by atoms with Gasteiger partial charge in [-0.2, -0.15) is 0 Å². The summed E-state index contributed by atoms with van der Waals surface area (Å²) in [6, 6.07) is -0.987. The minimum atomic E-state index is -0.877. The van der Waals surface area contributed by atoms with E-state index in [2.05, 4.69) is 5.32 Å². The molecule has 1 aliphatic rings. The van der Waals surface area contributed by atoms with E-state index in [-0.39, 0.29) is 18.5 Å². The molecule has 1 fully saturated rings. The van der Waals surface area contributed by atoms with Crippen LogP contribution in [0.25, 0.3) is 0 Å². The fourth-order valence-electron chi connectivity index (χ4n) is 2.19. The van der Waals surface area contributed by atoms with Crippen molar-refractivity contribution in [3.63, 3.8) is 0 Å². The van der Waals surface area contributed by atoms with Crippen molar-refractivity contribution in [2.45, 2.75) is 32.7 Å². The second-order valence-electron chi connectivity index (χ2n) is 5.15. The van der Waals surface area contributed by atoms with Crippen LogP contribution in [0.1, 0.15) is 26.7 Å². The Balaban J connectivity index is 2.53. The van der Waals surface area contributed by atoms with E-state index >= 15 is 0 Å². The summed E-state index contributed by atoms with van der Waals surface area (Å²) in [5.74, 6) is -1.55. The number of nitrogens with zero attached hydrogens (tertiary/aromatic N) is 2. The van der Waals surface area contributed by atoms with Gasteiger partial charge in [0, 0.05) is 26.7 Å². The summed E-state index contributed by atoms with van der Waals surface area (Å²) in [5.41, 5.74) is 0. The number of carbonyl (C=O) groups is 3. The molecule has 0 bridgehead atoms. The summed E-state index contributed by atoms with van der Waals surface area (Å²) in [7, 11) is 1.67. The highest BCUT2D eigenvalue weighted by molar-refractivity contribution is 5.86. The minimum Gasteiger partial charge on any atom is -0.481 e. The molecule has 0 saturated carbocycles. The molecule has 0 aromatic carbocycles. The molecular weight excluding hydrogens is 262 g/mol. The summed E-state index contributed by atoms with van der Waals surface area (Å²) >= 11 is 0. The average molecular weight is 285 g/mol. The fourth-order valence-corrected chi connectivity index (χ4v) is 2.19. The molecule has 1 rings (SSSR count). The fraction of sp³-hybridized carbons (Fsp3) is 0.769. The number of nitrogens with one attached hydrogen (secondary N) is 1. The van der Waals surface area contributed by atoms with E-state index in [0.717, 1.165) is 0 Å². The van der Waals surface area contributed by atoms with Gasteiger partial charge in [0.1, 0.15) is 6.04 Å². The lowest BCUT2D eigenvalue weighted by atomic mass is 9.99. The Kier molecular flexibility index (Phi) is 5.79. The number of aliphatic carboxylic acids is 1. The first-order chi connectivity index (χ1) is 9.36. The van der Waals surface area contributed by atoms with E-state index in [1.165, 1.54) is 9.80 Å². The maximum Gasteiger partial charge on any atom is 0.318 e. The Bertz CT molecular complexity index is 386. The largest absolute Gasteiger partial charge is 0.481 e. The highest BCUT2D eigenvalue weighted by atomic mass is 16.4. The number of hydrogen-bond donors (Lipinski definition) is 2. The van der Waals surface area contributed by atoms with Crippen LogP contribution in [0.2, 0.25) is 0 Å². The molecule has 0 aliphatic carbocycles. The highest BCUT2D eigenvalue weighted by Gasteiger charge is 2.29. The number of amides is 3. The number of carboxylic acids is 1. The van der Waals surface area contributed by atoms with Crippen molar-refractivity contribution < 1.29 is 19.5 Å². The monoisotopic (exact) mass is 285 g/mol. The second-order valence-corrected chi connectivity index (χ2v) is 5.15. The summed E-state index contributed by atoms with van der Waals surface area (Å²) in [6.07, 6.45) is 1.26. The van der Waals surface area contributed by atoms with Crippen LogP contribution in [0.4, 0.5) is 4.79 Å². The van der Waals surface area contributed by atoms with Crippen molar-refractivity contribution in [3.05, 3.63) is 0 Å². The van der Waals surface area contributed by atoms with Crippen LogP contribution in [0.15, 0.2) is 0 Å². The van der Waals surface area contributed by atoms with Crippen molar-refractivity contribution in [2.75, 3.05) is 26.7 Å². The van der Waals surface area contributed by atoms with E-state index in [0.29, 0.717) is 25.9 Å². The smallest absolute Gasteiger partial charge is 0.318 e. The van der Waals surface area contributed by atoms with Gasteiger partial charge in [-0.15, -0.1) is 0 Å². The molecule has 1 heterocycles. The molecule has 2 N–H and O–H groups in total. The number of likely N-dealkylation sites (tertiary alicyclic amines) is 1. The molecule has 0 aromatic heterocycles. The van der Waals surface area contributed by atoms with Crippen LogP contribution in [0.3, 0.4) is 0 Å². The third kappa shape index (κ3) is 4.11. The zero-order chi connectivity index (χ0) is 15.3. The lowest BCUT2D eigenvalue weighted by Gasteiger charge is -2.32. The van der Waals surface area contributed by atoms with Gasteiger partial charge in [0.05, 0.1) is 5.92 Å². The first kappa shape index (κ1) is 16.3. The quantitative estimate of drug-likeness (QED) is 0.780. The first-order valence-corrected chi connectivity index (χ1v) is 6.90. The maximum absolute atomic E-state index is 12.0. The molecule has 2 atom stereocenters. The molecule has 7 nitrogen and oxygen atoms in total. The van der Waals surface area contributed by atoms with Gasteiger partial charge in [-0.1, -0.05) is 0 Å². The lowest BCUT2D eigenvalue weighted by molar-refractivity contribution is -0.143. The van der Waals surface area contributed by atoms with Gasteiger partial charge in [0.2, 0.25) is 5.91 Å². The predicted octanol–water partition coefficient (Wildman–Crippen LogP) is 0.359. The third-order valence-corrected chi connectivity index (χ3v) is 3.62. The van der Waals surface area contributed by atoms with Gasteiger partial charge in [-0.25, -0.2) is 4.79 Å². The van der Waals surface area contributed by atoms with Crippen molar-refractivity contribution in [2.24, 2.45) is 5.92 Å². The van der Waals surface area contributed by atoms with Crippen molar-refractivity contribution in [1.29, 1.82) is 0 Å². The summed E-state index contributed by atoms with van der Waals surface area (Å²) < 4.78 is 0. The van der Waals surface area contributed by atoms with Crippen LogP contribution in [0.5, 0.6) is 0 Å². The number of hydrogen-bond acceptors (Lipinski definition) is 3. The topological polar surface area (TPSA) is 90.0 Å². The van der Waals surface area contributed by atoms with Gasteiger partial charge in [-0.3, -0.25) is 9.59 Å². The summed E-state index contributed by atoms with van der Waals surface area (Å²) in [5, 5.41) is 11.6. The molecule has 7 heteroatoms. The molecule has 114 valence electrons. The van der Waals surface area contributed by atoms with E-state index in [4.69, 9.17) is 5.11 Å². The number of urea groups is 1. The minimum absolute atomic E-state index is 0.160. The number of carbonyl (C=O) groups excluding carboxylic acids is 2. The van der Waals surface area contributed by atoms with Gasteiger partial charge in [0.25, 0.3) is 0 Å². The van der Waals surface area contributed by atoms with Gasteiger partial charge < -0.3 is 20.2 Å². The standard InChI is InChI=1S/C13H23N3O4/c1-4-15(3)11(17)9(2)14-13(20)16-7-5-6-10(8-16)12(18)19/h9-10H,4-8H2,1-3H3,(H,14,20)(H,18,19)/t9?,10-/m0/s1. The Hall–Kier alpha value is -1.79. The lowest BCUT2D eigenvalue weighted by Crippen LogP contribution is -2.52. The number of likely N-dealkylation sites (N-methyl/N-ethyl adjacent to an activating group) is 1. The van der Waals surface area contributed by atoms with Crippen LogP contribution < -0.4 is 5.32 Å². The molecule has 0 radical (unpaired) electrons. The number of rotatable bonds is 4. The predicted molar refractivity (Wildman–Crippen MR) is 73.2 cm³/mol. The Morgan fingerprint density at radius 1 is 1.45 bits per heavy atom. The summed E-state index contributed by atoms with van der Waals surface area (Å²) in [6.45, 7) is 4.79. The van der Waals surface area contributed by atoms with Gasteiger partial charge >= 0.3 is 12.0 Å². The third-order valence-electron chi connectivity index (χ3n) is 3.62. The van der Waals surface area contributed by atoms with Crippen LogP contribution in [0, 0.1) is 5.92 Å². The zero-order valence-corrected chi connectivity index (χ0v) is 12.3. The Morgan fingerprint density at radius 2 is 2.10 bits per heavy atom. The SMILES string of the molecule is CCN(C)C(=O)C(C)NC(=O)N1CCC[C@H](C(=O)O)C1. The Morgan fingerprint density at radius 3 is 2.65 bits per heavy atom. The highest BCUT2D eigenvalue weighted by Crippen LogP contribution is 2.16. The van der Waals surface area contributed by atoms with Crippen molar-refractivity contribution >= 4 is 17.9 Å². The molecule has 0 aromatic rings. The molecule has 0 spiro atoms. The van der Waals surface area contributed by atoms with Crippen LogP contribution >= 0.6 is 0 Å². The van der Waals surface area contributed by atoms with Crippen LogP contribution in [-0.2, 0) is 9.59 Å². The summed E-state index contributed by atoms with van der Waals surface area (Å²) in [4.78, 5) is 37.9. The molecule has 3 amide bonds. The van der Waals surface area contributed by atoms with E-state index in [1.54, 1.807) is 14.0 Å². The zero-order valence-electron chi connectivity index (χ0n) is 12.3.